The summed E-state index contributed by atoms with van der Waals surface area (Å²) in [6.45, 7) is 6.95. The van der Waals surface area contributed by atoms with Crippen LogP contribution in [0.25, 0.3) is 0 Å². The zero-order valence-electron chi connectivity index (χ0n) is 15.8. The quantitative estimate of drug-likeness (QED) is 0.509. The maximum atomic E-state index is 2.37. The van der Waals surface area contributed by atoms with Gasteiger partial charge in [-0.05, 0) is 41.0 Å². The predicted octanol–water partition coefficient (Wildman–Crippen LogP) is 7.08. The van der Waals surface area contributed by atoms with Crippen molar-refractivity contribution in [2.24, 2.45) is 5.92 Å². The molecule has 0 N–H and O–H groups in total. The molecule has 0 saturated heterocycles. The van der Waals surface area contributed by atoms with Gasteiger partial charge in [-0.25, -0.2) is 0 Å². The van der Waals surface area contributed by atoms with Crippen molar-refractivity contribution in [3.05, 3.63) is 95.1 Å². The maximum Gasteiger partial charge on any atom is 0.0419 e. The Morgan fingerprint density at radius 3 is 1.92 bits per heavy atom. The van der Waals surface area contributed by atoms with Crippen LogP contribution < -0.4 is 0 Å². The molecule has 0 heteroatoms. The van der Waals surface area contributed by atoms with Gasteiger partial charge in [-0.1, -0.05) is 106 Å². The van der Waals surface area contributed by atoms with Crippen LogP contribution in [0.15, 0.2) is 84.0 Å². The van der Waals surface area contributed by atoms with Crippen molar-refractivity contribution in [3.8, 4) is 0 Å². The summed E-state index contributed by atoms with van der Waals surface area (Å²) >= 11 is 0. The number of benzene rings is 2. The molecule has 130 valence electrons. The Balaban J connectivity index is 2.28. The number of allylic oxidation sites excluding steroid dienone is 4. The minimum Gasteiger partial charge on any atom is -0.0801 e. The second-order valence-electron chi connectivity index (χ2n) is 7.44. The van der Waals surface area contributed by atoms with E-state index < -0.39 is 0 Å². The van der Waals surface area contributed by atoms with Crippen molar-refractivity contribution in [1.29, 1.82) is 0 Å². The lowest BCUT2D eigenvalue weighted by Gasteiger charge is -2.39. The van der Waals surface area contributed by atoms with Crippen LogP contribution in [0.4, 0.5) is 0 Å². The summed E-state index contributed by atoms with van der Waals surface area (Å²) in [5.41, 5.74) is 6.00. The fourth-order valence-corrected chi connectivity index (χ4v) is 4.33. The van der Waals surface area contributed by atoms with E-state index in [1.807, 2.05) is 0 Å². The molecule has 0 nitrogen and oxygen atoms in total. The molecule has 1 aliphatic rings. The molecule has 0 unspecified atom stereocenters. The third kappa shape index (κ3) is 3.35. The number of rotatable bonds is 7. The summed E-state index contributed by atoms with van der Waals surface area (Å²) in [6, 6.07) is 22.3. The van der Waals surface area contributed by atoms with Gasteiger partial charge in [0.2, 0.25) is 0 Å². The molecule has 25 heavy (non-hydrogen) atoms. The fraction of sp³-hybridized carbons (Fsp3) is 0.360. The lowest BCUT2D eigenvalue weighted by atomic mass is 9.64. The molecule has 2 aromatic carbocycles. The molecule has 0 heterocycles. The van der Waals surface area contributed by atoms with Gasteiger partial charge >= 0.3 is 0 Å². The van der Waals surface area contributed by atoms with Gasteiger partial charge in [-0.2, -0.15) is 0 Å². The Bertz CT molecular complexity index is 693. The van der Waals surface area contributed by atoms with Gasteiger partial charge in [0.25, 0.3) is 0 Å². The van der Waals surface area contributed by atoms with Gasteiger partial charge in [-0.15, -0.1) is 0 Å². The topological polar surface area (TPSA) is 0 Å². The van der Waals surface area contributed by atoms with E-state index in [1.165, 1.54) is 36.0 Å². The molecule has 3 rings (SSSR count). The van der Waals surface area contributed by atoms with E-state index in [-0.39, 0.29) is 5.41 Å². The summed E-state index contributed by atoms with van der Waals surface area (Å²) in [6.07, 6.45) is 9.42. The molecule has 0 amide bonds. The minimum absolute atomic E-state index is 0.0123. The highest BCUT2D eigenvalue weighted by molar-refractivity contribution is 5.54. The van der Waals surface area contributed by atoms with Gasteiger partial charge in [0.05, 0.1) is 0 Å². The van der Waals surface area contributed by atoms with Crippen molar-refractivity contribution >= 4 is 0 Å². The Labute approximate surface area is 153 Å². The molecule has 1 aliphatic carbocycles. The zero-order chi connectivity index (χ0) is 17.7. The Kier molecular flexibility index (Phi) is 5.58. The Morgan fingerprint density at radius 2 is 1.44 bits per heavy atom. The fourth-order valence-electron chi connectivity index (χ4n) is 4.33. The van der Waals surface area contributed by atoms with Crippen LogP contribution in [0.1, 0.15) is 57.6 Å². The molecule has 0 fully saturated rings. The highest BCUT2D eigenvalue weighted by atomic mass is 14.4. The third-order valence-corrected chi connectivity index (χ3v) is 5.54. The first-order chi connectivity index (χ1) is 12.2. The van der Waals surface area contributed by atoms with E-state index in [0.29, 0.717) is 5.92 Å². The second kappa shape index (κ2) is 7.87. The monoisotopic (exact) mass is 330 g/mol. The first kappa shape index (κ1) is 17.7. The molecule has 0 radical (unpaired) electrons. The number of hydrogen-bond acceptors (Lipinski definition) is 0. The van der Waals surface area contributed by atoms with Crippen LogP contribution in [0, 0.1) is 5.92 Å². The summed E-state index contributed by atoms with van der Waals surface area (Å²) in [4.78, 5) is 0. The van der Waals surface area contributed by atoms with Crippen molar-refractivity contribution in [2.45, 2.75) is 51.9 Å². The first-order valence-corrected chi connectivity index (χ1v) is 9.71. The van der Waals surface area contributed by atoms with Gasteiger partial charge in [0.1, 0.15) is 0 Å². The van der Waals surface area contributed by atoms with Crippen molar-refractivity contribution in [3.63, 3.8) is 0 Å². The largest absolute Gasteiger partial charge is 0.0801 e. The number of unbranched alkanes of at least 4 members (excludes halogenated alkanes) is 1. The molecular formula is C25H30. The minimum atomic E-state index is -0.0123. The van der Waals surface area contributed by atoms with Crippen LogP contribution in [0.5, 0.6) is 0 Å². The summed E-state index contributed by atoms with van der Waals surface area (Å²) in [5, 5.41) is 0. The van der Waals surface area contributed by atoms with E-state index >= 15 is 0 Å². The van der Waals surface area contributed by atoms with Crippen LogP contribution in [-0.2, 0) is 5.41 Å². The Morgan fingerprint density at radius 1 is 0.880 bits per heavy atom. The van der Waals surface area contributed by atoms with Gasteiger partial charge < -0.3 is 0 Å². The maximum absolute atomic E-state index is 2.37. The summed E-state index contributed by atoms with van der Waals surface area (Å²) < 4.78 is 0. The van der Waals surface area contributed by atoms with E-state index in [0.717, 1.165) is 6.42 Å². The Hall–Kier alpha value is -2.08. The van der Waals surface area contributed by atoms with Crippen molar-refractivity contribution < 1.29 is 0 Å². The molecule has 0 aromatic heterocycles. The number of hydrogen-bond donors (Lipinski definition) is 0. The molecule has 0 spiro atoms. The first-order valence-electron chi connectivity index (χ1n) is 9.71. The molecule has 0 aliphatic heterocycles. The molecule has 2 aromatic rings. The van der Waals surface area contributed by atoms with Crippen LogP contribution in [0.2, 0.25) is 0 Å². The smallest absolute Gasteiger partial charge is 0.0419 e. The van der Waals surface area contributed by atoms with Crippen LogP contribution >= 0.6 is 0 Å². The van der Waals surface area contributed by atoms with Crippen molar-refractivity contribution in [2.75, 3.05) is 0 Å². The van der Waals surface area contributed by atoms with Crippen LogP contribution in [-0.4, -0.2) is 0 Å². The van der Waals surface area contributed by atoms with E-state index in [9.17, 15) is 0 Å². The standard InChI is InChI=1S/C25H30/c1-4-5-19-25(21-13-8-6-9-14-21,22-15-10-7-11-16-22)24-18-12-17-23(24)20(2)3/h6-17,20H,4-5,18-19H2,1-3H3. The van der Waals surface area contributed by atoms with Gasteiger partial charge in [-0.3, -0.25) is 0 Å². The molecule has 0 bridgehead atoms. The molecular weight excluding hydrogens is 300 g/mol. The van der Waals surface area contributed by atoms with Crippen LogP contribution in [0.3, 0.4) is 0 Å². The van der Waals surface area contributed by atoms with Crippen molar-refractivity contribution in [1.82, 2.24) is 0 Å². The van der Waals surface area contributed by atoms with E-state index in [1.54, 1.807) is 5.57 Å². The van der Waals surface area contributed by atoms with Gasteiger partial charge in [0.15, 0.2) is 0 Å². The normalized spacial score (nSPS) is 14.6. The second-order valence-corrected chi connectivity index (χ2v) is 7.44. The highest BCUT2D eigenvalue weighted by Gasteiger charge is 2.39. The average molecular weight is 331 g/mol. The van der Waals surface area contributed by atoms with E-state index in [2.05, 4.69) is 93.6 Å². The summed E-state index contributed by atoms with van der Waals surface area (Å²) in [7, 11) is 0. The lowest BCUT2D eigenvalue weighted by Crippen LogP contribution is -2.31. The SMILES string of the molecule is CCCCC(C1=C(C(C)C)C=CC1)(c1ccccc1)c1ccccc1. The highest BCUT2D eigenvalue weighted by Crippen LogP contribution is 2.48. The zero-order valence-corrected chi connectivity index (χ0v) is 15.8. The molecule has 0 saturated carbocycles. The van der Waals surface area contributed by atoms with Gasteiger partial charge in [0, 0.05) is 5.41 Å². The molecule has 0 atom stereocenters. The lowest BCUT2D eigenvalue weighted by molar-refractivity contribution is 0.504. The third-order valence-electron chi connectivity index (χ3n) is 5.54. The average Bonchev–Trinajstić information content (AvgIpc) is 3.15. The van der Waals surface area contributed by atoms with E-state index in [4.69, 9.17) is 0 Å². The summed E-state index contributed by atoms with van der Waals surface area (Å²) in [5.74, 6) is 0.558. The predicted molar refractivity (Wildman–Crippen MR) is 109 cm³/mol.